The van der Waals surface area contributed by atoms with Crippen LogP contribution in [0.3, 0.4) is 0 Å². The van der Waals surface area contributed by atoms with Crippen molar-refractivity contribution in [1.82, 2.24) is 10.3 Å². The molecule has 1 aromatic heterocycles. The second kappa shape index (κ2) is 7.67. The van der Waals surface area contributed by atoms with Crippen molar-refractivity contribution in [2.45, 2.75) is 13.0 Å². The molecule has 1 aromatic carbocycles. The first-order valence-corrected chi connectivity index (χ1v) is 8.41. The molecule has 0 spiro atoms. The monoisotopic (exact) mass is 353 g/mol. The Morgan fingerprint density at radius 3 is 2.88 bits per heavy atom. The van der Waals surface area contributed by atoms with Crippen LogP contribution in [0.25, 0.3) is 0 Å². The molecule has 1 aliphatic rings. The predicted molar refractivity (Wildman–Crippen MR) is 87.1 cm³/mol. The largest absolute Gasteiger partial charge is 0.378 e. The summed E-state index contributed by atoms with van der Waals surface area (Å²) in [5.74, 6) is -1.68. The molecule has 3 rings (SSSR count). The van der Waals surface area contributed by atoms with Crippen LogP contribution in [0.5, 0.6) is 0 Å². The van der Waals surface area contributed by atoms with E-state index in [0.717, 1.165) is 35.2 Å². The Morgan fingerprint density at radius 1 is 1.33 bits per heavy atom. The zero-order valence-corrected chi connectivity index (χ0v) is 13.7. The molecule has 2 aromatic rings. The third kappa shape index (κ3) is 4.27. The summed E-state index contributed by atoms with van der Waals surface area (Å²) in [6, 6.07) is 3.21. The van der Waals surface area contributed by atoms with E-state index in [9.17, 15) is 13.6 Å². The molecule has 8 heteroatoms. The summed E-state index contributed by atoms with van der Waals surface area (Å²) in [6.07, 6.45) is 1.61. The summed E-state index contributed by atoms with van der Waals surface area (Å²) in [5.41, 5.74) is 0.173. The van der Waals surface area contributed by atoms with Gasteiger partial charge in [0.25, 0.3) is 0 Å². The number of benzene rings is 1. The van der Waals surface area contributed by atoms with Gasteiger partial charge in [0.05, 0.1) is 26.2 Å². The number of amides is 1. The van der Waals surface area contributed by atoms with Crippen LogP contribution >= 0.6 is 11.3 Å². The third-order valence-corrected chi connectivity index (χ3v) is 4.71. The third-order valence-electron chi connectivity index (χ3n) is 3.65. The van der Waals surface area contributed by atoms with Crippen LogP contribution in [0.1, 0.15) is 10.4 Å². The molecule has 1 amide bonds. The number of carbonyl (C=O) groups excluding carboxylic acids is 1. The van der Waals surface area contributed by atoms with Gasteiger partial charge in [0.1, 0.15) is 11.6 Å². The first-order valence-electron chi connectivity index (χ1n) is 7.60. The van der Waals surface area contributed by atoms with E-state index in [0.29, 0.717) is 19.8 Å². The number of hydrogen-bond donors (Lipinski definition) is 1. The van der Waals surface area contributed by atoms with E-state index in [1.807, 2.05) is 0 Å². The van der Waals surface area contributed by atoms with Gasteiger partial charge in [-0.05, 0) is 11.6 Å². The van der Waals surface area contributed by atoms with Crippen LogP contribution in [-0.2, 0) is 22.5 Å². The molecule has 0 saturated carbocycles. The number of halogens is 2. The second-order valence-corrected chi connectivity index (χ2v) is 6.49. The molecule has 128 valence electrons. The Balaban J connectivity index is 1.52. The van der Waals surface area contributed by atoms with E-state index in [1.54, 1.807) is 6.20 Å². The molecule has 1 saturated heterocycles. The second-order valence-electron chi connectivity index (χ2n) is 5.40. The SMILES string of the molecule is O=C(Cc1ccc(F)cc1F)NCc1cnc(N2CCOCC2)s1. The van der Waals surface area contributed by atoms with Crippen LogP contribution in [0.4, 0.5) is 13.9 Å². The minimum atomic E-state index is -0.711. The molecule has 1 fully saturated rings. The Hall–Kier alpha value is -2.06. The van der Waals surface area contributed by atoms with Gasteiger partial charge in [0.15, 0.2) is 5.13 Å². The summed E-state index contributed by atoms with van der Waals surface area (Å²) in [5, 5.41) is 3.64. The fourth-order valence-corrected chi connectivity index (χ4v) is 3.27. The van der Waals surface area contributed by atoms with E-state index in [1.165, 1.54) is 17.4 Å². The fourth-order valence-electron chi connectivity index (χ4n) is 2.37. The molecular weight excluding hydrogens is 336 g/mol. The highest BCUT2D eigenvalue weighted by Crippen LogP contribution is 2.23. The molecular formula is C16H17F2N3O2S. The van der Waals surface area contributed by atoms with Gasteiger partial charge in [-0.3, -0.25) is 4.79 Å². The van der Waals surface area contributed by atoms with Crippen molar-refractivity contribution < 1.29 is 18.3 Å². The van der Waals surface area contributed by atoms with Crippen LogP contribution in [0.2, 0.25) is 0 Å². The Morgan fingerprint density at radius 2 is 2.12 bits per heavy atom. The van der Waals surface area contributed by atoms with E-state index < -0.39 is 11.6 Å². The van der Waals surface area contributed by atoms with Crippen molar-refractivity contribution in [3.05, 3.63) is 46.5 Å². The van der Waals surface area contributed by atoms with Crippen molar-refractivity contribution >= 4 is 22.4 Å². The highest BCUT2D eigenvalue weighted by atomic mass is 32.1. The van der Waals surface area contributed by atoms with E-state index in [4.69, 9.17) is 4.74 Å². The average Bonchev–Trinajstić information content (AvgIpc) is 3.05. The number of carbonyl (C=O) groups is 1. The van der Waals surface area contributed by atoms with Crippen LogP contribution in [0, 0.1) is 11.6 Å². The minimum Gasteiger partial charge on any atom is -0.378 e. The summed E-state index contributed by atoms with van der Waals surface area (Å²) < 4.78 is 31.7. The fraction of sp³-hybridized carbons (Fsp3) is 0.375. The summed E-state index contributed by atoms with van der Waals surface area (Å²) in [4.78, 5) is 19.3. The quantitative estimate of drug-likeness (QED) is 0.895. The number of nitrogens with zero attached hydrogens (tertiary/aromatic N) is 2. The van der Waals surface area contributed by atoms with Gasteiger partial charge >= 0.3 is 0 Å². The number of nitrogens with one attached hydrogen (secondary N) is 1. The highest BCUT2D eigenvalue weighted by Gasteiger charge is 2.15. The molecule has 1 N–H and O–H groups in total. The smallest absolute Gasteiger partial charge is 0.224 e. The van der Waals surface area contributed by atoms with Crippen LogP contribution in [-0.4, -0.2) is 37.2 Å². The van der Waals surface area contributed by atoms with Crippen molar-refractivity contribution in [2.24, 2.45) is 0 Å². The lowest BCUT2D eigenvalue weighted by Gasteiger charge is -2.25. The first-order chi connectivity index (χ1) is 11.6. The molecule has 24 heavy (non-hydrogen) atoms. The minimum absolute atomic E-state index is 0.124. The Kier molecular flexibility index (Phi) is 5.37. The predicted octanol–water partition coefficient (Wildman–Crippen LogP) is 2.12. The number of hydrogen-bond acceptors (Lipinski definition) is 5. The summed E-state index contributed by atoms with van der Waals surface area (Å²) in [7, 11) is 0. The normalized spacial score (nSPS) is 14.7. The molecule has 2 heterocycles. The molecule has 5 nitrogen and oxygen atoms in total. The van der Waals surface area contributed by atoms with E-state index >= 15 is 0 Å². The lowest BCUT2D eigenvalue weighted by atomic mass is 10.1. The van der Waals surface area contributed by atoms with E-state index in [2.05, 4.69) is 15.2 Å². The van der Waals surface area contributed by atoms with Gasteiger partial charge in [-0.15, -0.1) is 11.3 Å². The van der Waals surface area contributed by atoms with Gasteiger partial charge in [0, 0.05) is 30.2 Å². The van der Waals surface area contributed by atoms with Gasteiger partial charge < -0.3 is 15.0 Å². The maximum Gasteiger partial charge on any atom is 0.224 e. The molecule has 0 radical (unpaired) electrons. The van der Waals surface area contributed by atoms with Gasteiger partial charge in [0.2, 0.25) is 5.91 Å². The standard InChI is InChI=1S/C16H17F2N3O2S/c17-12-2-1-11(14(18)8-12)7-15(22)19-9-13-10-20-16(24-13)21-3-5-23-6-4-21/h1-2,8,10H,3-7,9H2,(H,19,22). The molecule has 0 bridgehead atoms. The maximum absolute atomic E-state index is 13.5. The zero-order valence-electron chi connectivity index (χ0n) is 12.9. The maximum atomic E-state index is 13.5. The topological polar surface area (TPSA) is 54.5 Å². The van der Waals surface area contributed by atoms with Gasteiger partial charge in [-0.1, -0.05) is 6.07 Å². The van der Waals surface area contributed by atoms with Crippen molar-refractivity contribution in [3.8, 4) is 0 Å². The molecule has 0 aliphatic carbocycles. The lowest BCUT2D eigenvalue weighted by molar-refractivity contribution is -0.120. The van der Waals surface area contributed by atoms with Crippen molar-refractivity contribution in [2.75, 3.05) is 31.2 Å². The van der Waals surface area contributed by atoms with Crippen molar-refractivity contribution in [3.63, 3.8) is 0 Å². The van der Waals surface area contributed by atoms with E-state index in [-0.39, 0.29) is 17.9 Å². The molecule has 1 aliphatic heterocycles. The van der Waals surface area contributed by atoms with Gasteiger partial charge in [-0.2, -0.15) is 0 Å². The number of rotatable bonds is 5. The molecule has 0 atom stereocenters. The lowest BCUT2D eigenvalue weighted by Crippen LogP contribution is -2.36. The molecule has 0 unspecified atom stereocenters. The number of morpholine rings is 1. The number of anilines is 1. The first kappa shape index (κ1) is 16.8. The Labute approximate surface area is 142 Å². The highest BCUT2D eigenvalue weighted by molar-refractivity contribution is 7.15. The van der Waals surface area contributed by atoms with Crippen LogP contribution in [0.15, 0.2) is 24.4 Å². The number of aromatic nitrogens is 1. The van der Waals surface area contributed by atoms with Crippen molar-refractivity contribution in [1.29, 1.82) is 0 Å². The number of thiazole rings is 1. The number of ether oxygens (including phenoxy) is 1. The van der Waals surface area contributed by atoms with Gasteiger partial charge in [-0.25, -0.2) is 13.8 Å². The summed E-state index contributed by atoms with van der Waals surface area (Å²) in [6.45, 7) is 3.33. The average molecular weight is 353 g/mol. The Bertz CT molecular complexity index is 717. The van der Waals surface area contributed by atoms with Crippen LogP contribution < -0.4 is 10.2 Å². The summed E-state index contributed by atoms with van der Waals surface area (Å²) >= 11 is 1.51. The zero-order chi connectivity index (χ0) is 16.9.